The maximum Gasteiger partial charge on any atom is 0.137 e. The number of hydrogen-bond acceptors (Lipinski definition) is 3. The van der Waals surface area contributed by atoms with Crippen molar-refractivity contribution in [2.24, 2.45) is 23.7 Å². The van der Waals surface area contributed by atoms with Crippen LogP contribution in [0, 0.1) is 35.0 Å². The van der Waals surface area contributed by atoms with E-state index in [2.05, 4.69) is 6.07 Å². The van der Waals surface area contributed by atoms with E-state index >= 15 is 0 Å². The van der Waals surface area contributed by atoms with E-state index in [0.717, 1.165) is 17.4 Å². The smallest absolute Gasteiger partial charge is 0.137 e. The third-order valence-corrected chi connectivity index (χ3v) is 5.83. The third-order valence-electron chi connectivity index (χ3n) is 5.83. The van der Waals surface area contributed by atoms with Crippen molar-refractivity contribution in [1.82, 2.24) is 0 Å². The minimum absolute atomic E-state index is 0.0729. The maximum absolute atomic E-state index is 9.94. The molecule has 3 nitrogen and oxygen atoms in total. The van der Waals surface area contributed by atoms with Gasteiger partial charge in [0.05, 0.1) is 5.56 Å². The third kappa shape index (κ3) is 1.64. The van der Waals surface area contributed by atoms with E-state index < -0.39 is 0 Å². The molecule has 1 aromatic rings. The molecule has 0 radical (unpaired) electrons. The molecule has 0 amide bonds. The minimum Gasteiger partial charge on any atom is -0.508 e. The molecule has 0 atom stereocenters. The Morgan fingerprint density at radius 3 is 2.10 bits per heavy atom. The van der Waals surface area contributed by atoms with Crippen molar-refractivity contribution in [3.63, 3.8) is 0 Å². The summed E-state index contributed by atoms with van der Waals surface area (Å²) < 4.78 is 0. The van der Waals surface area contributed by atoms with E-state index in [-0.39, 0.29) is 11.5 Å². The Kier molecular flexibility index (Phi) is 2.51. The van der Waals surface area contributed by atoms with Gasteiger partial charge in [0.15, 0.2) is 0 Å². The van der Waals surface area contributed by atoms with Gasteiger partial charge in [0.1, 0.15) is 17.6 Å². The monoisotopic (exact) mass is 269 g/mol. The van der Waals surface area contributed by atoms with Crippen LogP contribution in [0.25, 0.3) is 0 Å². The Balaban J connectivity index is 1.80. The number of benzene rings is 1. The summed E-state index contributed by atoms with van der Waals surface area (Å²) in [5, 5.41) is 29.1. The summed E-state index contributed by atoms with van der Waals surface area (Å²) in [6.07, 6.45) is 6.45. The lowest BCUT2D eigenvalue weighted by Gasteiger charge is -2.54. The van der Waals surface area contributed by atoms with Gasteiger partial charge in [-0.1, -0.05) is 0 Å². The van der Waals surface area contributed by atoms with Crippen LogP contribution in [0.2, 0.25) is 0 Å². The summed E-state index contributed by atoms with van der Waals surface area (Å²) >= 11 is 0. The first-order valence-electron chi connectivity index (χ1n) is 7.61. The number of nitrogens with zero attached hydrogens (tertiary/aromatic N) is 1. The Labute approximate surface area is 118 Å². The van der Waals surface area contributed by atoms with E-state index in [9.17, 15) is 15.5 Å². The summed E-state index contributed by atoms with van der Waals surface area (Å²) in [6.45, 7) is 0. The zero-order chi connectivity index (χ0) is 13.9. The molecule has 20 heavy (non-hydrogen) atoms. The standard InChI is InChI=1S/C17H19NO2/c18-8-15-14(6-13(19)7-16(15)20)17-11-2-9-1-10(4-11)5-12(17)3-9/h6-7,9-12,17,19-20H,1-5H2. The molecule has 4 bridgehead atoms. The van der Waals surface area contributed by atoms with Crippen molar-refractivity contribution in [2.45, 2.75) is 38.0 Å². The molecule has 5 rings (SSSR count). The first kappa shape index (κ1) is 12.1. The number of nitriles is 1. The highest BCUT2D eigenvalue weighted by Crippen LogP contribution is 2.60. The molecule has 2 N–H and O–H groups in total. The molecule has 3 heteroatoms. The Morgan fingerprint density at radius 1 is 0.950 bits per heavy atom. The second-order valence-corrected chi connectivity index (χ2v) is 7.00. The number of rotatable bonds is 1. The normalized spacial score (nSPS) is 37.9. The maximum atomic E-state index is 9.94. The van der Waals surface area contributed by atoms with Crippen molar-refractivity contribution < 1.29 is 10.2 Å². The lowest BCUT2D eigenvalue weighted by atomic mass is 9.50. The average molecular weight is 269 g/mol. The summed E-state index contributed by atoms with van der Waals surface area (Å²) in [7, 11) is 0. The Hall–Kier alpha value is -1.69. The van der Waals surface area contributed by atoms with Gasteiger partial charge in [0.2, 0.25) is 0 Å². The second-order valence-electron chi connectivity index (χ2n) is 7.00. The van der Waals surface area contributed by atoms with Crippen LogP contribution in [0.5, 0.6) is 11.5 Å². The Bertz CT molecular complexity index is 574. The number of aromatic hydroxyl groups is 2. The van der Waals surface area contributed by atoms with Crippen molar-refractivity contribution in [3.05, 3.63) is 23.3 Å². The topological polar surface area (TPSA) is 64.2 Å². The van der Waals surface area contributed by atoms with Gasteiger partial charge in [-0.2, -0.15) is 5.26 Å². The van der Waals surface area contributed by atoms with Crippen LogP contribution in [0.1, 0.15) is 49.1 Å². The van der Waals surface area contributed by atoms with Crippen LogP contribution in [0.15, 0.2) is 12.1 Å². The molecule has 4 aliphatic carbocycles. The lowest BCUT2D eigenvalue weighted by Crippen LogP contribution is -2.44. The van der Waals surface area contributed by atoms with Crippen LogP contribution >= 0.6 is 0 Å². The summed E-state index contributed by atoms with van der Waals surface area (Å²) in [4.78, 5) is 0. The van der Waals surface area contributed by atoms with Gasteiger partial charge in [0, 0.05) is 6.07 Å². The van der Waals surface area contributed by atoms with Gasteiger partial charge in [-0.25, -0.2) is 0 Å². The average Bonchev–Trinajstić information content (AvgIpc) is 2.36. The largest absolute Gasteiger partial charge is 0.508 e. The van der Waals surface area contributed by atoms with E-state index in [0.29, 0.717) is 23.3 Å². The minimum atomic E-state index is -0.0729. The van der Waals surface area contributed by atoms with Crippen LogP contribution in [0.3, 0.4) is 0 Å². The number of hydrogen-bond donors (Lipinski definition) is 2. The lowest BCUT2D eigenvalue weighted by molar-refractivity contribution is -0.00296. The van der Waals surface area contributed by atoms with Crippen molar-refractivity contribution >= 4 is 0 Å². The van der Waals surface area contributed by atoms with Gasteiger partial charge >= 0.3 is 0 Å². The zero-order valence-electron chi connectivity index (χ0n) is 11.4. The number of phenolic OH excluding ortho intramolecular Hbond substituents is 2. The molecule has 104 valence electrons. The SMILES string of the molecule is N#Cc1c(O)cc(O)cc1C1C2CC3CC(C2)CC1C3. The van der Waals surface area contributed by atoms with E-state index in [1.165, 1.54) is 38.2 Å². The molecule has 4 saturated carbocycles. The highest BCUT2D eigenvalue weighted by molar-refractivity contribution is 5.54. The highest BCUT2D eigenvalue weighted by Gasteiger charge is 2.49. The van der Waals surface area contributed by atoms with Gasteiger partial charge in [-0.05, 0) is 73.3 Å². The van der Waals surface area contributed by atoms with E-state index in [1.807, 2.05) is 0 Å². The van der Waals surface area contributed by atoms with Crippen LogP contribution < -0.4 is 0 Å². The first-order chi connectivity index (χ1) is 9.65. The van der Waals surface area contributed by atoms with Gasteiger partial charge in [0.25, 0.3) is 0 Å². The van der Waals surface area contributed by atoms with Crippen molar-refractivity contribution in [3.8, 4) is 17.6 Å². The molecule has 0 spiro atoms. The fourth-order valence-corrected chi connectivity index (χ4v) is 5.45. The van der Waals surface area contributed by atoms with Crippen molar-refractivity contribution in [2.75, 3.05) is 0 Å². The molecular weight excluding hydrogens is 250 g/mol. The second kappa shape index (κ2) is 4.15. The highest BCUT2D eigenvalue weighted by atomic mass is 16.3. The predicted molar refractivity (Wildman–Crippen MR) is 74.3 cm³/mol. The zero-order valence-corrected chi connectivity index (χ0v) is 11.4. The molecule has 0 aromatic heterocycles. The first-order valence-corrected chi connectivity index (χ1v) is 7.61. The van der Waals surface area contributed by atoms with Crippen LogP contribution in [-0.4, -0.2) is 10.2 Å². The van der Waals surface area contributed by atoms with Crippen molar-refractivity contribution in [1.29, 1.82) is 5.26 Å². The van der Waals surface area contributed by atoms with Crippen LogP contribution in [0.4, 0.5) is 0 Å². The van der Waals surface area contributed by atoms with E-state index in [1.54, 1.807) is 6.07 Å². The molecule has 0 heterocycles. The van der Waals surface area contributed by atoms with E-state index in [4.69, 9.17) is 0 Å². The summed E-state index contributed by atoms with van der Waals surface area (Å²) in [5.74, 6) is 3.39. The molecule has 0 saturated heterocycles. The molecule has 4 fully saturated rings. The molecular formula is C17H19NO2. The molecule has 0 aliphatic heterocycles. The van der Waals surface area contributed by atoms with Gasteiger partial charge in [-0.15, -0.1) is 0 Å². The number of phenols is 2. The van der Waals surface area contributed by atoms with Gasteiger partial charge in [-0.3, -0.25) is 0 Å². The van der Waals surface area contributed by atoms with Gasteiger partial charge < -0.3 is 10.2 Å². The molecule has 0 unspecified atom stereocenters. The summed E-state index contributed by atoms with van der Waals surface area (Å²) in [6, 6.07) is 5.13. The summed E-state index contributed by atoms with van der Waals surface area (Å²) in [5.41, 5.74) is 1.26. The quantitative estimate of drug-likeness (QED) is 0.820. The molecule has 1 aromatic carbocycles. The Morgan fingerprint density at radius 2 is 1.55 bits per heavy atom. The predicted octanol–water partition coefficient (Wildman–Crippen LogP) is 3.51. The fourth-order valence-electron chi connectivity index (χ4n) is 5.45. The fraction of sp³-hybridized carbons (Fsp3) is 0.588. The van der Waals surface area contributed by atoms with Crippen LogP contribution in [-0.2, 0) is 0 Å². The molecule has 4 aliphatic rings.